The van der Waals surface area contributed by atoms with Crippen LogP contribution in [0.2, 0.25) is 0 Å². The zero-order chi connectivity index (χ0) is 42.9. The van der Waals surface area contributed by atoms with E-state index in [-0.39, 0.29) is 41.4 Å². The molecule has 14 nitrogen and oxygen atoms in total. The molecule has 58 heavy (non-hydrogen) atoms. The summed E-state index contributed by atoms with van der Waals surface area (Å²) in [6, 6.07) is -1.40. The Hall–Kier alpha value is -0.460. The van der Waals surface area contributed by atoms with Crippen LogP contribution in [0.15, 0.2) is 0 Å². The number of amides is 1. The number of aliphatic hydroxyl groups excluding tert-OH is 3. The summed E-state index contributed by atoms with van der Waals surface area (Å²) >= 11 is 2.10. The third-order valence-electron chi connectivity index (χ3n) is 11.6. The predicted octanol–water partition coefficient (Wildman–Crippen LogP) is 7.76. The molecule has 2 fully saturated rings. The van der Waals surface area contributed by atoms with E-state index in [0.29, 0.717) is 12.8 Å². The van der Waals surface area contributed by atoms with Crippen LogP contribution >= 0.6 is 30.4 Å². The summed E-state index contributed by atoms with van der Waals surface area (Å²) in [5.41, 5.74) is 0. The average molecular weight is 964 g/mol. The summed E-state index contributed by atoms with van der Waals surface area (Å²) in [6.07, 6.45) is 15.0. The van der Waals surface area contributed by atoms with Gasteiger partial charge in [-0.1, -0.05) is 166 Å². The van der Waals surface area contributed by atoms with Crippen LogP contribution in [0, 0.1) is 11.8 Å². The molecule has 2 rings (SSSR count). The van der Waals surface area contributed by atoms with Gasteiger partial charge in [0.2, 0.25) is 5.91 Å². The number of aliphatic hydroxyl groups is 3. The number of esters is 1. The molecule has 0 aliphatic carbocycles. The van der Waals surface area contributed by atoms with E-state index in [1.807, 2.05) is 13.8 Å². The van der Waals surface area contributed by atoms with Crippen LogP contribution in [-0.2, 0) is 37.6 Å². The number of ether oxygens (including phenoxy) is 4. The Bertz CT molecular complexity index is 1150. The molecule has 4 unspecified atom stereocenters. The summed E-state index contributed by atoms with van der Waals surface area (Å²) < 4.78 is 40.3. The lowest BCUT2D eigenvalue weighted by Gasteiger charge is -2.45. The number of phosphoric ester groups is 1. The summed E-state index contributed by atoms with van der Waals surface area (Å²) in [7, 11) is -5.17. The number of unbranched alkanes of at least 4 members (excludes halogenated alkanes) is 18. The fourth-order valence-corrected chi connectivity index (χ4v) is 9.20. The lowest BCUT2D eigenvalue weighted by atomic mass is 9.87. The van der Waals surface area contributed by atoms with Crippen LogP contribution < -0.4 is 5.32 Å². The van der Waals surface area contributed by atoms with Crippen molar-refractivity contribution in [3.05, 3.63) is 0 Å². The van der Waals surface area contributed by atoms with Crippen LogP contribution in [0.1, 0.15) is 175 Å². The first-order valence-electron chi connectivity index (χ1n) is 22.5. The van der Waals surface area contributed by atoms with E-state index < -0.39 is 69.3 Å². The molecule has 0 aromatic heterocycles. The van der Waals surface area contributed by atoms with Gasteiger partial charge in [-0.15, -0.1) is 0 Å². The number of alkyl halides is 1. The summed E-state index contributed by atoms with van der Waals surface area (Å²) in [6.45, 7) is 7.23. The van der Waals surface area contributed by atoms with E-state index in [2.05, 4.69) is 41.8 Å². The maximum absolute atomic E-state index is 13.7. The third-order valence-corrected chi connectivity index (χ3v) is 13.5. The molecule has 6 N–H and O–H groups in total. The van der Waals surface area contributed by atoms with Gasteiger partial charge in [-0.2, -0.15) is 0 Å². The molecule has 0 aromatic carbocycles. The second-order valence-corrected chi connectivity index (χ2v) is 19.1. The van der Waals surface area contributed by atoms with Crippen molar-refractivity contribution in [3.8, 4) is 0 Å². The number of hydrogen-bond donors (Lipinski definition) is 6. The molecule has 0 spiro atoms. The van der Waals surface area contributed by atoms with E-state index in [4.69, 9.17) is 23.5 Å². The van der Waals surface area contributed by atoms with Crippen molar-refractivity contribution >= 4 is 42.3 Å². The van der Waals surface area contributed by atoms with Crippen molar-refractivity contribution in [1.29, 1.82) is 0 Å². The van der Waals surface area contributed by atoms with Gasteiger partial charge in [-0.3, -0.25) is 14.1 Å². The Morgan fingerprint density at radius 2 is 1.26 bits per heavy atom. The third kappa shape index (κ3) is 21.6. The van der Waals surface area contributed by atoms with Crippen LogP contribution in [0.5, 0.6) is 0 Å². The SMILES string of the molecule is CCCCCCCCCCCCCC(=O)O[C@H](CCCCCCCCCCC)CC(=O)N[C@H]1C(O)[C@H](OP(=O)(O)O)C(CO)O[C@H]1OCC1O[C@H](I)C(C)[C@@H](O)[C@@H]1C. The molecule has 11 atom stereocenters. The maximum Gasteiger partial charge on any atom is 0.470 e. The Balaban J connectivity index is 2.07. The van der Waals surface area contributed by atoms with E-state index >= 15 is 0 Å². The van der Waals surface area contributed by atoms with Gasteiger partial charge in [-0.25, -0.2) is 4.57 Å². The number of carbonyl (C=O) groups is 2. The number of rotatable bonds is 32. The summed E-state index contributed by atoms with van der Waals surface area (Å²) in [4.78, 5) is 45.9. The molecular formula is C42H79INO13P. The van der Waals surface area contributed by atoms with Gasteiger partial charge in [0, 0.05) is 18.3 Å². The van der Waals surface area contributed by atoms with E-state index in [0.717, 1.165) is 44.9 Å². The van der Waals surface area contributed by atoms with Gasteiger partial charge in [-0.05, 0) is 19.3 Å². The molecule has 2 aliphatic heterocycles. The fourth-order valence-electron chi connectivity index (χ4n) is 7.82. The predicted molar refractivity (Wildman–Crippen MR) is 231 cm³/mol. The first-order chi connectivity index (χ1) is 27.7. The minimum Gasteiger partial charge on any atom is -0.462 e. The van der Waals surface area contributed by atoms with Crippen molar-refractivity contribution in [3.63, 3.8) is 0 Å². The lowest BCUT2D eigenvalue weighted by molar-refractivity contribution is -0.278. The van der Waals surface area contributed by atoms with Crippen LogP contribution in [0.25, 0.3) is 0 Å². The molecule has 0 saturated carbocycles. The molecule has 0 radical (unpaired) electrons. The monoisotopic (exact) mass is 963 g/mol. The van der Waals surface area contributed by atoms with Crippen molar-refractivity contribution in [2.45, 2.75) is 228 Å². The van der Waals surface area contributed by atoms with Gasteiger partial charge >= 0.3 is 13.8 Å². The molecule has 1 amide bonds. The number of carbonyl (C=O) groups excluding carboxylic acids is 2. The van der Waals surface area contributed by atoms with Crippen LogP contribution in [-0.4, -0.2) is 103 Å². The van der Waals surface area contributed by atoms with Crippen molar-refractivity contribution in [2.24, 2.45) is 11.8 Å². The molecule has 2 saturated heterocycles. The summed E-state index contributed by atoms with van der Waals surface area (Å²) in [5, 5.41) is 34.9. The Labute approximate surface area is 362 Å². The summed E-state index contributed by atoms with van der Waals surface area (Å²) in [5.74, 6) is -1.42. The number of phosphoric acid groups is 1. The topological polar surface area (TPSA) is 211 Å². The largest absolute Gasteiger partial charge is 0.470 e. The molecule has 342 valence electrons. The Kier molecular flexibility index (Phi) is 28.3. The quantitative estimate of drug-likeness (QED) is 0.0125. The fraction of sp³-hybridized carbons (Fsp3) is 0.952. The van der Waals surface area contributed by atoms with Gasteiger partial charge in [0.15, 0.2) is 6.29 Å². The second-order valence-electron chi connectivity index (χ2n) is 16.7. The minimum atomic E-state index is -5.17. The normalized spacial score (nSPS) is 28.3. The van der Waals surface area contributed by atoms with Crippen LogP contribution in [0.4, 0.5) is 0 Å². The highest BCUT2D eigenvalue weighted by Gasteiger charge is 2.50. The van der Waals surface area contributed by atoms with Crippen LogP contribution in [0.3, 0.4) is 0 Å². The second kappa shape index (κ2) is 30.6. The zero-order valence-electron chi connectivity index (χ0n) is 35.9. The van der Waals surface area contributed by atoms with E-state index in [9.17, 15) is 39.3 Å². The highest BCUT2D eigenvalue weighted by atomic mass is 127. The molecule has 16 heteroatoms. The van der Waals surface area contributed by atoms with Gasteiger partial charge in [0.25, 0.3) is 0 Å². The van der Waals surface area contributed by atoms with Crippen molar-refractivity contribution < 1.29 is 62.7 Å². The Morgan fingerprint density at radius 3 is 1.78 bits per heavy atom. The van der Waals surface area contributed by atoms with Crippen molar-refractivity contribution in [1.82, 2.24) is 5.32 Å². The van der Waals surface area contributed by atoms with E-state index in [1.165, 1.54) is 77.0 Å². The standard InChI is InChI=1S/C42H79INO13P/c1-5-7-9-11-13-15-16-18-20-22-24-26-36(47)54-32(25-23-21-19-17-14-12-10-8-6-2)27-35(46)44-37-39(49)40(57-58(50,51)52)33(28-45)56-42(37)53-29-34-30(3)38(48)31(4)41(43)55-34/h30-34,37-42,45,48-49H,5-29H2,1-4H3,(H,44,46)(H2,50,51,52)/t30-,31?,32-,33?,34?,37+,38+,39?,40-,41+,42-/m1/s1. The first-order valence-corrected chi connectivity index (χ1v) is 25.3. The molecule has 0 aromatic rings. The maximum atomic E-state index is 13.7. The number of nitrogens with one attached hydrogen (secondary N) is 1. The van der Waals surface area contributed by atoms with E-state index in [1.54, 1.807) is 0 Å². The Morgan fingerprint density at radius 1 is 0.741 bits per heavy atom. The van der Waals surface area contributed by atoms with Gasteiger partial charge in [0.1, 0.15) is 34.6 Å². The van der Waals surface area contributed by atoms with Gasteiger partial charge < -0.3 is 49.4 Å². The number of hydrogen-bond acceptors (Lipinski definition) is 11. The highest BCUT2D eigenvalue weighted by Crippen LogP contribution is 2.42. The highest BCUT2D eigenvalue weighted by molar-refractivity contribution is 14.1. The van der Waals surface area contributed by atoms with Gasteiger partial charge in [0.05, 0.1) is 31.8 Å². The minimum absolute atomic E-state index is 0.117. The average Bonchev–Trinajstić information content (AvgIpc) is 3.17. The molecule has 2 heterocycles. The lowest BCUT2D eigenvalue weighted by Crippen LogP contribution is -2.65. The molecular weight excluding hydrogens is 884 g/mol. The zero-order valence-corrected chi connectivity index (χ0v) is 38.9. The number of halogens is 1. The van der Waals surface area contributed by atoms with Crippen molar-refractivity contribution in [2.75, 3.05) is 13.2 Å². The molecule has 2 aliphatic rings. The molecule has 0 bridgehead atoms. The smallest absolute Gasteiger partial charge is 0.462 e. The first kappa shape index (κ1) is 53.7.